The van der Waals surface area contributed by atoms with Crippen LogP contribution in [-0.2, 0) is 0 Å². The highest BCUT2D eigenvalue weighted by Gasteiger charge is 2.15. The lowest BCUT2D eigenvalue weighted by Gasteiger charge is -2.12. The molecule has 84 valence electrons. The van der Waals surface area contributed by atoms with Crippen LogP contribution in [0.15, 0.2) is 18.2 Å². The van der Waals surface area contributed by atoms with Crippen LogP contribution < -0.4 is 11.1 Å². The normalized spacial score (nSPS) is 19.3. The molecule has 2 rings (SSSR count). The molecule has 3 nitrogen and oxygen atoms in total. The zero-order valence-electron chi connectivity index (χ0n) is 9.07. The molecule has 3 N–H and O–H groups in total. The van der Waals surface area contributed by atoms with Crippen molar-refractivity contribution in [3.8, 4) is 6.07 Å². The van der Waals surface area contributed by atoms with Crippen molar-refractivity contribution in [2.45, 2.75) is 6.42 Å². The molecule has 1 atom stereocenters. The summed E-state index contributed by atoms with van der Waals surface area (Å²) < 4.78 is 0. The molecule has 0 radical (unpaired) electrons. The van der Waals surface area contributed by atoms with E-state index in [0.29, 0.717) is 11.3 Å². The van der Waals surface area contributed by atoms with Crippen molar-refractivity contribution >= 4 is 23.1 Å². The molecule has 0 amide bonds. The van der Waals surface area contributed by atoms with Crippen LogP contribution in [0.3, 0.4) is 0 Å². The summed E-state index contributed by atoms with van der Waals surface area (Å²) in [5.74, 6) is 3.22. The van der Waals surface area contributed by atoms with E-state index in [4.69, 9.17) is 11.0 Å². The third-order valence-corrected chi connectivity index (χ3v) is 4.00. The average molecular weight is 233 g/mol. The third kappa shape index (κ3) is 2.61. The number of nitrogens with zero attached hydrogens (tertiary/aromatic N) is 1. The van der Waals surface area contributed by atoms with Crippen LogP contribution in [0.4, 0.5) is 11.4 Å². The summed E-state index contributed by atoms with van der Waals surface area (Å²) in [7, 11) is 0. The minimum atomic E-state index is 0.630. The molecule has 1 aromatic carbocycles. The first kappa shape index (κ1) is 11.2. The van der Waals surface area contributed by atoms with Crippen LogP contribution >= 0.6 is 11.8 Å². The van der Waals surface area contributed by atoms with E-state index in [1.54, 1.807) is 6.07 Å². The van der Waals surface area contributed by atoms with Gasteiger partial charge in [-0.2, -0.15) is 17.0 Å². The Bertz CT molecular complexity index is 405. The maximum Gasteiger partial charge on any atom is 0.101 e. The van der Waals surface area contributed by atoms with Gasteiger partial charge in [0.15, 0.2) is 0 Å². The van der Waals surface area contributed by atoms with E-state index < -0.39 is 0 Å². The molecule has 0 saturated carbocycles. The van der Waals surface area contributed by atoms with Gasteiger partial charge < -0.3 is 11.1 Å². The molecule has 1 saturated heterocycles. The Hall–Kier alpha value is -1.34. The predicted octanol–water partition coefficient (Wildman–Crippen LogP) is 2.31. The topological polar surface area (TPSA) is 61.8 Å². The lowest BCUT2D eigenvalue weighted by molar-refractivity contribution is 0.632. The van der Waals surface area contributed by atoms with E-state index in [2.05, 4.69) is 11.4 Å². The average Bonchev–Trinajstić information content (AvgIpc) is 2.80. The number of hydrogen-bond donors (Lipinski definition) is 2. The highest BCUT2D eigenvalue weighted by Crippen LogP contribution is 2.25. The second-order valence-corrected chi connectivity index (χ2v) is 5.18. The van der Waals surface area contributed by atoms with Gasteiger partial charge in [0.1, 0.15) is 6.07 Å². The predicted molar refractivity (Wildman–Crippen MR) is 69.5 cm³/mol. The van der Waals surface area contributed by atoms with Gasteiger partial charge in [0.2, 0.25) is 0 Å². The summed E-state index contributed by atoms with van der Waals surface area (Å²) in [6.07, 6.45) is 1.27. The number of anilines is 2. The molecule has 16 heavy (non-hydrogen) atoms. The van der Waals surface area contributed by atoms with Gasteiger partial charge in [0.05, 0.1) is 11.3 Å². The van der Waals surface area contributed by atoms with Crippen LogP contribution in [0.2, 0.25) is 0 Å². The number of nitriles is 1. The minimum Gasteiger partial charge on any atom is -0.399 e. The molecule has 1 aliphatic heterocycles. The quantitative estimate of drug-likeness (QED) is 0.786. The van der Waals surface area contributed by atoms with E-state index in [1.165, 1.54) is 17.9 Å². The monoisotopic (exact) mass is 233 g/mol. The van der Waals surface area contributed by atoms with E-state index >= 15 is 0 Å². The summed E-state index contributed by atoms with van der Waals surface area (Å²) in [6.45, 7) is 0.950. The fourth-order valence-corrected chi connectivity index (χ4v) is 3.09. The molecule has 1 fully saturated rings. The van der Waals surface area contributed by atoms with Crippen molar-refractivity contribution in [1.82, 2.24) is 0 Å². The number of rotatable bonds is 3. The number of nitrogen functional groups attached to an aromatic ring is 1. The molecule has 0 aromatic heterocycles. The minimum absolute atomic E-state index is 0.630. The Kier molecular flexibility index (Phi) is 3.58. The van der Waals surface area contributed by atoms with Gasteiger partial charge in [0.25, 0.3) is 0 Å². The number of nitrogens with two attached hydrogens (primary N) is 1. The number of thioether (sulfide) groups is 1. The molecular weight excluding hydrogens is 218 g/mol. The van der Waals surface area contributed by atoms with Crippen LogP contribution in [0.25, 0.3) is 0 Å². The second-order valence-electron chi connectivity index (χ2n) is 4.03. The maximum absolute atomic E-state index is 8.99. The van der Waals surface area contributed by atoms with Gasteiger partial charge >= 0.3 is 0 Å². The largest absolute Gasteiger partial charge is 0.399 e. The Balaban J connectivity index is 2.00. The number of benzene rings is 1. The van der Waals surface area contributed by atoms with Crippen LogP contribution in [-0.4, -0.2) is 18.1 Å². The van der Waals surface area contributed by atoms with Gasteiger partial charge in [0, 0.05) is 12.2 Å². The van der Waals surface area contributed by atoms with E-state index in [9.17, 15) is 0 Å². The molecule has 4 heteroatoms. The number of hydrogen-bond acceptors (Lipinski definition) is 4. The molecule has 0 bridgehead atoms. The molecular formula is C12H15N3S. The lowest BCUT2D eigenvalue weighted by atomic mass is 10.1. The van der Waals surface area contributed by atoms with Gasteiger partial charge in [-0.1, -0.05) is 0 Å². The molecule has 1 unspecified atom stereocenters. The molecule has 1 aromatic rings. The first-order valence-corrected chi connectivity index (χ1v) is 6.56. The maximum atomic E-state index is 8.99. The van der Waals surface area contributed by atoms with E-state index in [1.807, 2.05) is 23.9 Å². The standard InChI is InChI=1S/C12H15N3S/c13-6-10-5-11(14)1-2-12(10)15-7-9-3-4-16-8-9/h1-2,5,9,15H,3-4,7-8,14H2. The molecule has 1 aliphatic rings. The SMILES string of the molecule is N#Cc1cc(N)ccc1NCC1CCSC1. The van der Waals surface area contributed by atoms with Crippen molar-refractivity contribution < 1.29 is 0 Å². The Morgan fingerprint density at radius 2 is 2.44 bits per heavy atom. The summed E-state index contributed by atoms with van der Waals surface area (Å²) in [4.78, 5) is 0. The van der Waals surface area contributed by atoms with Crippen molar-refractivity contribution in [1.29, 1.82) is 5.26 Å². The first-order chi connectivity index (χ1) is 7.79. The molecule has 0 aliphatic carbocycles. The first-order valence-electron chi connectivity index (χ1n) is 5.41. The van der Waals surface area contributed by atoms with Crippen molar-refractivity contribution in [2.75, 3.05) is 29.1 Å². The summed E-state index contributed by atoms with van der Waals surface area (Å²) in [6, 6.07) is 7.59. The number of nitrogens with one attached hydrogen (secondary N) is 1. The highest BCUT2D eigenvalue weighted by atomic mass is 32.2. The summed E-state index contributed by atoms with van der Waals surface area (Å²) in [5.41, 5.74) is 7.80. The van der Waals surface area contributed by atoms with Gasteiger partial charge in [-0.3, -0.25) is 0 Å². The lowest BCUT2D eigenvalue weighted by Crippen LogP contribution is -2.14. The summed E-state index contributed by atoms with van der Waals surface area (Å²) >= 11 is 2.00. The zero-order chi connectivity index (χ0) is 11.4. The highest BCUT2D eigenvalue weighted by molar-refractivity contribution is 7.99. The molecule has 1 heterocycles. The zero-order valence-corrected chi connectivity index (χ0v) is 9.89. The van der Waals surface area contributed by atoms with Gasteiger partial charge in [-0.05, 0) is 42.0 Å². The third-order valence-electron chi connectivity index (χ3n) is 2.77. The second kappa shape index (κ2) is 5.13. The van der Waals surface area contributed by atoms with Crippen LogP contribution in [0.5, 0.6) is 0 Å². The Labute approximate surface area is 100 Å². The Morgan fingerprint density at radius 3 is 3.12 bits per heavy atom. The fourth-order valence-electron chi connectivity index (χ4n) is 1.81. The molecule has 0 spiro atoms. The van der Waals surface area contributed by atoms with Crippen molar-refractivity contribution in [2.24, 2.45) is 5.92 Å². The fraction of sp³-hybridized carbons (Fsp3) is 0.417. The van der Waals surface area contributed by atoms with Gasteiger partial charge in [-0.15, -0.1) is 0 Å². The van der Waals surface area contributed by atoms with E-state index in [-0.39, 0.29) is 0 Å². The van der Waals surface area contributed by atoms with Crippen LogP contribution in [0, 0.1) is 17.2 Å². The van der Waals surface area contributed by atoms with Gasteiger partial charge in [-0.25, -0.2) is 0 Å². The Morgan fingerprint density at radius 1 is 1.56 bits per heavy atom. The summed E-state index contributed by atoms with van der Waals surface area (Å²) in [5, 5.41) is 12.3. The van der Waals surface area contributed by atoms with Crippen molar-refractivity contribution in [3.05, 3.63) is 23.8 Å². The van der Waals surface area contributed by atoms with Crippen molar-refractivity contribution in [3.63, 3.8) is 0 Å². The van der Waals surface area contributed by atoms with E-state index in [0.717, 1.165) is 18.2 Å². The van der Waals surface area contributed by atoms with Crippen LogP contribution in [0.1, 0.15) is 12.0 Å². The smallest absolute Gasteiger partial charge is 0.101 e.